The van der Waals surface area contributed by atoms with E-state index >= 15 is 0 Å². The zero-order valence-corrected chi connectivity index (χ0v) is 13.9. The monoisotopic (exact) mass is 350 g/mol. The minimum atomic E-state index is -3.47. The van der Waals surface area contributed by atoms with Crippen LogP contribution in [0.1, 0.15) is 43.3 Å². The van der Waals surface area contributed by atoms with E-state index < -0.39 is 27.4 Å². The topological polar surface area (TPSA) is 88.3 Å². The fourth-order valence-electron chi connectivity index (χ4n) is 3.25. The molecule has 0 amide bonds. The maximum atomic E-state index is 13.0. The minimum Gasteiger partial charge on any atom is -0.337 e. The van der Waals surface area contributed by atoms with Crippen molar-refractivity contribution >= 4 is 10.0 Å². The lowest BCUT2D eigenvalue weighted by Crippen LogP contribution is -2.52. The van der Waals surface area contributed by atoms with E-state index in [4.69, 9.17) is 4.52 Å². The third-order valence-corrected chi connectivity index (χ3v) is 6.17. The molecule has 130 valence electrons. The van der Waals surface area contributed by atoms with Gasteiger partial charge in [0.25, 0.3) is 0 Å². The van der Waals surface area contributed by atoms with E-state index in [1.807, 2.05) is 0 Å². The number of alkyl halides is 2. The molecule has 1 saturated heterocycles. The van der Waals surface area contributed by atoms with Crippen molar-refractivity contribution in [3.05, 3.63) is 11.7 Å². The Hall–Kier alpha value is -1.13. The Labute approximate surface area is 133 Å². The summed E-state index contributed by atoms with van der Waals surface area (Å²) in [6.45, 7) is 1.22. The van der Waals surface area contributed by atoms with E-state index in [0.29, 0.717) is 25.9 Å². The first-order valence-electron chi connectivity index (χ1n) is 7.51. The molecule has 3 rings (SSSR count). The van der Waals surface area contributed by atoms with Crippen molar-refractivity contribution in [1.29, 1.82) is 0 Å². The largest absolute Gasteiger partial charge is 0.337 e. The number of aromatic nitrogens is 2. The number of nitrogens with one attached hydrogen (secondary N) is 1. The van der Waals surface area contributed by atoms with Gasteiger partial charge in [-0.1, -0.05) is 5.16 Å². The number of rotatable bonds is 4. The molecule has 1 aliphatic carbocycles. The summed E-state index contributed by atoms with van der Waals surface area (Å²) in [5.41, 5.74) is -0.920. The van der Waals surface area contributed by atoms with E-state index in [1.54, 1.807) is 0 Å². The molecule has 10 heteroatoms. The average molecular weight is 350 g/mol. The van der Waals surface area contributed by atoms with Crippen molar-refractivity contribution < 1.29 is 21.7 Å². The molecule has 1 N–H and O–H groups in total. The molecule has 0 spiro atoms. The smallest absolute Gasteiger partial charge is 0.249 e. The number of piperidine rings is 1. The molecule has 23 heavy (non-hydrogen) atoms. The summed E-state index contributed by atoms with van der Waals surface area (Å²) in [6.07, 6.45) is 1.52. The normalized spacial score (nSPS) is 24.6. The van der Waals surface area contributed by atoms with E-state index in [1.165, 1.54) is 11.4 Å². The van der Waals surface area contributed by atoms with Crippen molar-refractivity contribution in [2.75, 3.05) is 26.4 Å². The van der Waals surface area contributed by atoms with Crippen LogP contribution in [0.3, 0.4) is 0 Å². The van der Waals surface area contributed by atoms with Crippen LogP contribution >= 0.6 is 0 Å². The molecule has 0 unspecified atom stereocenters. The summed E-state index contributed by atoms with van der Waals surface area (Å²) < 4.78 is 56.6. The van der Waals surface area contributed by atoms with Crippen molar-refractivity contribution in [2.24, 2.45) is 0 Å². The highest BCUT2D eigenvalue weighted by Crippen LogP contribution is 2.48. The Balaban J connectivity index is 1.91. The number of sulfonamides is 1. The molecular weight excluding hydrogens is 330 g/mol. The molecule has 0 bridgehead atoms. The molecular formula is C13H20F2N4O3S. The van der Waals surface area contributed by atoms with Crippen molar-refractivity contribution in [3.63, 3.8) is 0 Å². The molecule has 2 aliphatic rings. The zero-order valence-electron chi connectivity index (χ0n) is 13.1. The lowest BCUT2D eigenvalue weighted by atomic mass is 9.81. The first-order chi connectivity index (χ1) is 10.6. The summed E-state index contributed by atoms with van der Waals surface area (Å²) in [5, 5.41) is 6.99. The molecule has 1 aromatic rings. The first kappa shape index (κ1) is 16.7. The van der Waals surface area contributed by atoms with Gasteiger partial charge in [-0.15, -0.1) is 0 Å². The molecule has 1 aliphatic heterocycles. The van der Waals surface area contributed by atoms with Gasteiger partial charge >= 0.3 is 0 Å². The van der Waals surface area contributed by atoms with Gasteiger partial charge in [0.15, 0.2) is 5.82 Å². The molecule has 1 saturated carbocycles. The minimum absolute atomic E-state index is 0.192. The Bertz CT molecular complexity index is 677. The predicted octanol–water partition coefficient (Wildman–Crippen LogP) is 1.05. The Morgan fingerprint density at radius 2 is 1.91 bits per heavy atom. The van der Waals surface area contributed by atoms with Gasteiger partial charge in [0.1, 0.15) is 5.54 Å². The summed E-state index contributed by atoms with van der Waals surface area (Å²) in [4.78, 5) is 4.28. The van der Waals surface area contributed by atoms with Gasteiger partial charge in [-0.3, -0.25) is 0 Å². The number of halogens is 2. The first-order valence-corrected chi connectivity index (χ1v) is 9.36. The van der Waals surface area contributed by atoms with E-state index in [0.717, 1.165) is 6.26 Å². The van der Waals surface area contributed by atoms with Crippen LogP contribution in [0, 0.1) is 0 Å². The van der Waals surface area contributed by atoms with Crippen LogP contribution in [0.25, 0.3) is 0 Å². The van der Waals surface area contributed by atoms with E-state index in [9.17, 15) is 17.2 Å². The summed E-state index contributed by atoms with van der Waals surface area (Å²) >= 11 is 0. The highest BCUT2D eigenvalue weighted by atomic mass is 32.2. The standard InChI is InChI=1S/C13H20F2N4O3S/c1-19(23(2,20)21)12(3-5-16-6-4-12)11-17-10(18-22-11)9-7-13(14,15)8-9/h9,16H,3-8H2,1-2H3. The van der Waals surface area contributed by atoms with Crippen LogP contribution in [0.5, 0.6) is 0 Å². The second kappa shape index (κ2) is 5.45. The second-order valence-electron chi connectivity index (χ2n) is 6.43. The number of hydrogen-bond acceptors (Lipinski definition) is 6. The van der Waals surface area contributed by atoms with Gasteiger partial charge < -0.3 is 9.84 Å². The molecule has 0 radical (unpaired) electrons. The molecule has 7 nitrogen and oxygen atoms in total. The highest BCUT2D eigenvalue weighted by Gasteiger charge is 2.50. The molecule has 1 aromatic heterocycles. The summed E-state index contributed by atoms with van der Waals surface area (Å²) in [6, 6.07) is 0. The van der Waals surface area contributed by atoms with Crippen LogP contribution in [0.4, 0.5) is 8.78 Å². The van der Waals surface area contributed by atoms with Gasteiger partial charge in [-0.05, 0) is 25.9 Å². The van der Waals surface area contributed by atoms with E-state index in [-0.39, 0.29) is 24.6 Å². The maximum absolute atomic E-state index is 13.0. The Kier molecular flexibility index (Phi) is 3.96. The zero-order chi connectivity index (χ0) is 16.9. The lowest BCUT2D eigenvalue weighted by molar-refractivity contribution is -0.0888. The quantitative estimate of drug-likeness (QED) is 0.873. The SMILES string of the molecule is CN(C1(c2nc(C3CC(F)(F)C3)no2)CCNCC1)S(C)(=O)=O. The van der Waals surface area contributed by atoms with Crippen LogP contribution in [0.15, 0.2) is 4.52 Å². The van der Waals surface area contributed by atoms with Crippen molar-refractivity contribution in [3.8, 4) is 0 Å². The Morgan fingerprint density at radius 1 is 1.30 bits per heavy atom. The van der Waals surface area contributed by atoms with Crippen LogP contribution in [0.2, 0.25) is 0 Å². The van der Waals surface area contributed by atoms with Gasteiger partial charge in [-0.2, -0.15) is 9.29 Å². The average Bonchev–Trinajstić information content (AvgIpc) is 2.93. The third kappa shape index (κ3) is 2.99. The van der Waals surface area contributed by atoms with Gasteiger partial charge in [0.2, 0.25) is 21.8 Å². The van der Waals surface area contributed by atoms with Crippen LogP contribution in [-0.4, -0.2) is 55.2 Å². The lowest BCUT2D eigenvalue weighted by Gasteiger charge is -2.40. The fourth-order valence-corrected chi connectivity index (χ4v) is 4.15. The number of hydrogen-bond donors (Lipinski definition) is 1. The fraction of sp³-hybridized carbons (Fsp3) is 0.846. The maximum Gasteiger partial charge on any atom is 0.249 e. The molecule has 2 heterocycles. The summed E-state index contributed by atoms with van der Waals surface area (Å²) in [5.74, 6) is -2.66. The van der Waals surface area contributed by atoms with Gasteiger partial charge in [0, 0.05) is 25.8 Å². The second-order valence-corrected chi connectivity index (χ2v) is 8.44. The predicted molar refractivity (Wildman–Crippen MR) is 77.6 cm³/mol. The van der Waals surface area contributed by atoms with E-state index in [2.05, 4.69) is 15.5 Å². The van der Waals surface area contributed by atoms with Gasteiger partial charge in [-0.25, -0.2) is 17.2 Å². The van der Waals surface area contributed by atoms with Crippen LogP contribution < -0.4 is 5.32 Å². The molecule has 2 fully saturated rings. The third-order valence-electron chi connectivity index (χ3n) is 4.83. The van der Waals surface area contributed by atoms with Crippen LogP contribution in [-0.2, 0) is 15.6 Å². The summed E-state index contributed by atoms with van der Waals surface area (Å²) in [7, 11) is -1.98. The Morgan fingerprint density at radius 3 is 2.43 bits per heavy atom. The van der Waals surface area contributed by atoms with Crippen molar-refractivity contribution in [2.45, 2.75) is 43.1 Å². The van der Waals surface area contributed by atoms with Crippen molar-refractivity contribution in [1.82, 2.24) is 19.8 Å². The highest BCUT2D eigenvalue weighted by molar-refractivity contribution is 7.88. The number of nitrogens with zero attached hydrogens (tertiary/aromatic N) is 3. The molecule has 0 aromatic carbocycles. The molecule has 0 atom stereocenters. The van der Waals surface area contributed by atoms with Gasteiger partial charge in [0.05, 0.1) is 6.26 Å².